The average molecular weight is 374 g/mol. The average Bonchev–Trinajstić information content (AvgIpc) is 3.15. The highest BCUT2D eigenvalue weighted by Crippen LogP contribution is 2.23. The molecule has 0 saturated carbocycles. The van der Waals surface area contributed by atoms with Gasteiger partial charge < -0.3 is 19.9 Å². The zero-order chi connectivity index (χ0) is 19.4. The first-order chi connectivity index (χ1) is 13.0. The topological polar surface area (TPSA) is 65.1 Å². The first kappa shape index (κ1) is 19.5. The van der Waals surface area contributed by atoms with Crippen molar-refractivity contribution in [1.82, 2.24) is 15.1 Å². The summed E-state index contributed by atoms with van der Waals surface area (Å²) in [4.78, 5) is 30.8. The molecule has 1 aromatic carbocycles. The Morgan fingerprint density at radius 1 is 1.30 bits per heavy atom. The summed E-state index contributed by atoms with van der Waals surface area (Å²) < 4.78 is 5.23. The van der Waals surface area contributed by atoms with Crippen LogP contribution in [0.3, 0.4) is 0 Å². The van der Waals surface area contributed by atoms with Gasteiger partial charge in [0.15, 0.2) is 0 Å². The second-order valence-electron chi connectivity index (χ2n) is 7.48. The molecule has 0 bridgehead atoms. The van der Waals surface area contributed by atoms with Gasteiger partial charge in [0.25, 0.3) is 0 Å². The van der Waals surface area contributed by atoms with Crippen LogP contribution in [0.4, 0.5) is 10.5 Å². The largest absolute Gasteiger partial charge is 0.497 e. The lowest BCUT2D eigenvalue weighted by molar-refractivity contribution is -0.120. The Labute approximate surface area is 161 Å². The molecule has 0 aromatic heterocycles. The van der Waals surface area contributed by atoms with Crippen molar-refractivity contribution in [3.63, 3.8) is 0 Å². The van der Waals surface area contributed by atoms with Crippen LogP contribution in [0.15, 0.2) is 24.3 Å². The predicted molar refractivity (Wildman–Crippen MR) is 105 cm³/mol. The first-order valence-corrected chi connectivity index (χ1v) is 9.72. The number of ether oxygens (including phenoxy) is 1. The number of hydrogen-bond acceptors (Lipinski definition) is 4. The van der Waals surface area contributed by atoms with Crippen LogP contribution in [0.25, 0.3) is 0 Å². The van der Waals surface area contributed by atoms with E-state index in [-0.39, 0.29) is 18.5 Å². The van der Waals surface area contributed by atoms with Gasteiger partial charge in [-0.1, -0.05) is 6.07 Å². The Kier molecular flexibility index (Phi) is 6.21. The number of amides is 3. The highest BCUT2D eigenvalue weighted by atomic mass is 16.5. The SMILES string of the molecule is COc1cccc(N2CCN(C(=O)NCC3CCCN3C(C)C)CC2=O)c1. The number of methoxy groups -OCH3 is 1. The summed E-state index contributed by atoms with van der Waals surface area (Å²) in [5, 5.41) is 3.03. The van der Waals surface area contributed by atoms with Gasteiger partial charge in [0, 0.05) is 43.5 Å². The van der Waals surface area contributed by atoms with E-state index < -0.39 is 0 Å². The lowest BCUT2D eigenvalue weighted by atomic mass is 10.2. The van der Waals surface area contributed by atoms with Crippen molar-refractivity contribution in [2.45, 2.75) is 38.8 Å². The van der Waals surface area contributed by atoms with E-state index in [1.165, 1.54) is 6.42 Å². The fourth-order valence-electron chi connectivity index (χ4n) is 3.97. The van der Waals surface area contributed by atoms with E-state index in [1.807, 2.05) is 24.3 Å². The number of nitrogens with one attached hydrogen (secondary N) is 1. The second-order valence-corrected chi connectivity index (χ2v) is 7.48. The summed E-state index contributed by atoms with van der Waals surface area (Å²) in [6.45, 7) is 7.22. The van der Waals surface area contributed by atoms with Gasteiger partial charge in [0.2, 0.25) is 5.91 Å². The molecule has 1 aromatic rings. The molecular weight excluding hydrogens is 344 g/mol. The van der Waals surface area contributed by atoms with Crippen LogP contribution in [-0.2, 0) is 4.79 Å². The van der Waals surface area contributed by atoms with Crippen molar-refractivity contribution < 1.29 is 14.3 Å². The van der Waals surface area contributed by atoms with Crippen LogP contribution in [0.2, 0.25) is 0 Å². The van der Waals surface area contributed by atoms with E-state index in [4.69, 9.17) is 4.74 Å². The standard InChI is InChI=1S/C20H30N4O3/c1-15(2)23-9-5-7-17(23)13-21-20(26)22-10-11-24(19(25)14-22)16-6-4-8-18(12-16)27-3/h4,6,8,12,15,17H,5,7,9-11,13-14H2,1-3H3,(H,21,26). The number of rotatable bonds is 5. The van der Waals surface area contributed by atoms with E-state index >= 15 is 0 Å². The van der Waals surface area contributed by atoms with Gasteiger partial charge in [0.1, 0.15) is 12.3 Å². The Morgan fingerprint density at radius 2 is 2.11 bits per heavy atom. The molecule has 2 aliphatic rings. The van der Waals surface area contributed by atoms with Gasteiger partial charge in [-0.25, -0.2) is 4.79 Å². The van der Waals surface area contributed by atoms with Gasteiger partial charge in [-0.2, -0.15) is 0 Å². The summed E-state index contributed by atoms with van der Waals surface area (Å²) >= 11 is 0. The van der Waals surface area contributed by atoms with E-state index in [2.05, 4.69) is 24.1 Å². The number of anilines is 1. The molecule has 1 unspecified atom stereocenters. The van der Waals surface area contributed by atoms with Crippen LogP contribution in [0.5, 0.6) is 5.75 Å². The minimum Gasteiger partial charge on any atom is -0.497 e. The smallest absolute Gasteiger partial charge is 0.317 e. The molecule has 2 heterocycles. The van der Waals surface area contributed by atoms with Crippen molar-refractivity contribution in [3.05, 3.63) is 24.3 Å². The molecule has 3 rings (SSSR count). The van der Waals surface area contributed by atoms with Gasteiger partial charge in [-0.3, -0.25) is 9.69 Å². The molecule has 2 fully saturated rings. The van der Waals surface area contributed by atoms with Crippen molar-refractivity contribution in [2.75, 3.05) is 44.7 Å². The Balaban J connectivity index is 1.53. The number of piperazine rings is 1. The van der Waals surface area contributed by atoms with Crippen LogP contribution in [-0.4, -0.2) is 73.7 Å². The fraction of sp³-hybridized carbons (Fsp3) is 0.600. The summed E-state index contributed by atoms with van der Waals surface area (Å²) in [6.07, 6.45) is 2.29. The third-order valence-corrected chi connectivity index (χ3v) is 5.45. The number of carbonyl (C=O) groups is 2. The normalized spacial score (nSPS) is 21.0. The van der Waals surface area contributed by atoms with E-state index in [9.17, 15) is 9.59 Å². The molecule has 2 aliphatic heterocycles. The molecule has 7 heteroatoms. The maximum absolute atomic E-state index is 12.6. The lowest BCUT2D eigenvalue weighted by Crippen LogP contribution is -2.56. The number of carbonyl (C=O) groups excluding carboxylic acids is 2. The van der Waals surface area contributed by atoms with Crippen molar-refractivity contribution in [3.8, 4) is 5.75 Å². The number of benzene rings is 1. The number of nitrogens with zero attached hydrogens (tertiary/aromatic N) is 3. The lowest BCUT2D eigenvalue weighted by Gasteiger charge is -2.35. The van der Waals surface area contributed by atoms with Crippen molar-refractivity contribution in [2.24, 2.45) is 0 Å². The minimum absolute atomic E-state index is 0.0747. The molecule has 148 valence electrons. The van der Waals surface area contributed by atoms with Crippen LogP contribution in [0, 0.1) is 0 Å². The molecule has 1 N–H and O–H groups in total. The molecular formula is C20H30N4O3. The second kappa shape index (κ2) is 8.61. The molecule has 2 saturated heterocycles. The van der Waals surface area contributed by atoms with E-state index in [0.29, 0.717) is 37.5 Å². The van der Waals surface area contributed by atoms with Crippen LogP contribution in [0.1, 0.15) is 26.7 Å². The van der Waals surface area contributed by atoms with Crippen LogP contribution >= 0.6 is 0 Å². The molecule has 0 spiro atoms. The van der Waals surface area contributed by atoms with Gasteiger partial charge in [-0.05, 0) is 45.4 Å². The van der Waals surface area contributed by atoms with E-state index in [1.54, 1.807) is 16.9 Å². The molecule has 1 atom stereocenters. The first-order valence-electron chi connectivity index (χ1n) is 9.72. The van der Waals surface area contributed by atoms with Crippen molar-refractivity contribution >= 4 is 17.6 Å². The van der Waals surface area contributed by atoms with E-state index in [0.717, 1.165) is 18.7 Å². The summed E-state index contributed by atoms with van der Waals surface area (Å²) in [6, 6.07) is 8.17. The monoisotopic (exact) mass is 374 g/mol. The molecule has 27 heavy (non-hydrogen) atoms. The summed E-state index contributed by atoms with van der Waals surface area (Å²) in [5.41, 5.74) is 0.804. The fourth-order valence-corrected chi connectivity index (χ4v) is 3.97. The van der Waals surface area contributed by atoms with Gasteiger partial charge >= 0.3 is 6.03 Å². The zero-order valence-electron chi connectivity index (χ0n) is 16.5. The van der Waals surface area contributed by atoms with Gasteiger partial charge in [-0.15, -0.1) is 0 Å². The van der Waals surface area contributed by atoms with Crippen LogP contribution < -0.4 is 15.0 Å². The van der Waals surface area contributed by atoms with Gasteiger partial charge in [0.05, 0.1) is 7.11 Å². The third kappa shape index (κ3) is 4.53. The Hall–Kier alpha value is -2.28. The van der Waals surface area contributed by atoms with Crippen molar-refractivity contribution in [1.29, 1.82) is 0 Å². The highest BCUT2D eigenvalue weighted by Gasteiger charge is 2.30. The molecule has 0 radical (unpaired) electrons. The number of urea groups is 1. The third-order valence-electron chi connectivity index (χ3n) is 5.45. The summed E-state index contributed by atoms with van der Waals surface area (Å²) in [5.74, 6) is 0.640. The molecule has 0 aliphatic carbocycles. The molecule has 3 amide bonds. The maximum atomic E-state index is 12.6. The quantitative estimate of drug-likeness (QED) is 0.855. The number of hydrogen-bond donors (Lipinski definition) is 1. The minimum atomic E-state index is -0.149. The maximum Gasteiger partial charge on any atom is 0.317 e. The summed E-state index contributed by atoms with van der Waals surface area (Å²) in [7, 11) is 1.61. The highest BCUT2D eigenvalue weighted by molar-refractivity contribution is 5.97. The molecule has 7 nitrogen and oxygen atoms in total. The number of likely N-dealkylation sites (tertiary alicyclic amines) is 1. The predicted octanol–water partition coefficient (Wildman–Crippen LogP) is 1.93. The Bertz CT molecular complexity index is 679. The Morgan fingerprint density at radius 3 is 2.81 bits per heavy atom. The zero-order valence-corrected chi connectivity index (χ0v) is 16.5.